The molecule has 1 N–H and O–H groups in total. The zero-order valence-corrected chi connectivity index (χ0v) is 15.7. The molecular formula is C21H30N4O. The number of rotatable bonds is 7. The lowest BCUT2D eigenvalue weighted by Crippen LogP contribution is -2.46. The van der Waals surface area contributed by atoms with Crippen LogP contribution in [0.15, 0.2) is 36.7 Å². The smallest absolute Gasteiger partial charge is 0.103 e. The maximum Gasteiger partial charge on any atom is 0.103 e. The first kappa shape index (κ1) is 17.7. The summed E-state index contributed by atoms with van der Waals surface area (Å²) in [6, 6.07) is 8.42. The van der Waals surface area contributed by atoms with Gasteiger partial charge in [0.15, 0.2) is 0 Å². The molecule has 1 aliphatic heterocycles. The fraction of sp³-hybridized carbons (Fsp3) is 0.619. The van der Waals surface area contributed by atoms with Gasteiger partial charge in [-0.05, 0) is 50.8 Å². The highest BCUT2D eigenvalue weighted by molar-refractivity contribution is 5.21. The molecule has 3 heterocycles. The molecule has 0 spiro atoms. The van der Waals surface area contributed by atoms with Gasteiger partial charge in [-0.2, -0.15) is 5.10 Å². The zero-order chi connectivity index (χ0) is 17.8. The van der Waals surface area contributed by atoms with E-state index in [-0.39, 0.29) is 11.5 Å². The van der Waals surface area contributed by atoms with Gasteiger partial charge in [-0.25, -0.2) is 0 Å². The summed E-state index contributed by atoms with van der Waals surface area (Å²) in [7, 11) is 0. The number of aromatic nitrogens is 3. The Labute approximate surface area is 156 Å². The third-order valence-electron chi connectivity index (χ3n) is 6.17. The zero-order valence-electron chi connectivity index (χ0n) is 15.7. The third kappa shape index (κ3) is 3.42. The van der Waals surface area contributed by atoms with Gasteiger partial charge in [-0.15, -0.1) is 0 Å². The first-order valence-corrected chi connectivity index (χ1v) is 10.1. The summed E-state index contributed by atoms with van der Waals surface area (Å²) in [4.78, 5) is 4.64. The lowest BCUT2D eigenvalue weighted by atomic mass is 9.66. The van der Waals surface area contributed by atoms with Gasteiger partial charge in [-0.3, -0.25) is 9.67 Å². The third-order valence-corrected chi connectivity index (χ3v) is 6.17. The minimum absolute atomic E-state index is 0.158. The molecule has 0 amide bonds. The van der Waals surface area contributed by atoms with Crippen LogP contribution in [0.4, 0.5) is 0 Å². The van der Waals surface area contributed by atoms with Gasteiger partial charge in [0.05, 0.1) is 5.69 Å². The van der Waals surface area contributed by atoms with Crippen LogP contribution in [0.25, 0.3) is 0 Å². The molecule has 5 heteroatoms. The summed E-state index contributed by atoms with van der Waals surface area (Å²) in [5.74, 6) is 0.506. The summed E-state index contributed by atoms with van der Waals surface area (Å²) >= 11 is 0. The average Bonchev–Trinajstić information content (AvgIpc) is 3.13. The Morgan fingerprint density at radius 3 is 2.88 bits per heavy atom. The van der Waals surface area contributed by atoms with Crippen molar-refractivity contribution in [1.29, 1.82) is 0 Å². The van der Waals surface area contributed by atoms with E-state index in [9.17, 15) is 0 Å². The van der Waals surface area contributed by atoms with E-state index in [1.807, 2.05) is 18.5 Å². The standard InChI is InChI=1S/C21H30N4O/c1-2-25-18(9-13-24-25)20-17(7-5-14-26-20)15-22-16-21(10-6-11-21)19-8-3-4-12-23-19/h3-4,8-9,12-13,17,20,22H,2,5-7,10-11,14-16H2,1H3/t17-,20+/m0/s1. The molecule has 2 fully saturated rings. The van der Waals surface area contributed by atoms with Gasteiger partial charge >= 0.3 is 0 Å². The van der Waals surface area contributed by atoms with Crippen molar-refractivity contribution in [3.8, 4) is 0 Å². The summed E-state index contributed by atoms with van der Waals surface area (Å²) in [6.45, 7) is 5.90. The van der Waals surface area contributed by atoms with Gasteiger partial charge in [0.25, 0.3) is 0 Å². The second-order valence-corrected chi connectivity index (χ2v) is 7.75. The number of pyridine rings is 1. The van der Waals surface area contributed by atoms with Crippen molar-refractivity contribution in [3.05, 3.63) is 48.0 Å². The molecule has 0 radical (unpaired) electrons. The predicted molar refractivity (Wildman–Crippen MR) is 102 cm³/mol. The second-order valence-electron chi connectivity index (χ2n) is 7.75. The van der Waals surface area contributed by atoms with Crippen LogP contribution in [0.5, 0.6) is 0 Å². The van der Waals surface area contributed by atoms with E-state index in [2.05, 4.69) is 45.2 Å². The van der Waals surface area contributed by atoms with E-state index < -0.39 is 0 Å². The van der Waals surface area contributed by atoms with Gasteiger partial charge in [0, 0.05) is 55.7 Å². The monoisotopic (exact) mass is 354 g/mol. The summed E-state index contributed by atoms with van der Waals surface area (Å²) in [6.07, 6.45) is 10.1. The van der Waals surface area contributed by atoms with Crippen LogP contribution in [-0.2, 0) is 16.7 Å². The van der Waals surface area contributed by atoms with Crippen molar-refractivity contribution in [2.45, 2.75) is 57.1 Å². The Morgan fingerprint density at radius 1 is 1.23 bits per heavy atom. The van der Waals surface area contributed by atoms with Gasteiger partial charge in [0.1, 0.15) is 6.10 Å². The Hall–Kier alpha value is -1.72. The van der Waals surface area contributed by atoms with Crippen molar-refractivity contribution in [2.75, 3.05) is 19.7 Å². The molecule has 2 atom stereocenters. The Bertz CT molecular complexity index is 695. The molecule has 4 rings (SSSR count). The molecule has 1 saturated carbocycles. The number of hydrogen-bond acceptors (Lipinski definition) is 4. The minimum atomic E-state index is 0.158. The van der Waals surface area contributed by atoms with Crippen LogP contribution in [-0.4, -0.2) is 34.5 Å². The lowest BCUT2D eigenvalue weighted by Gasteiger charge is -2.42. The molecule has 2 aromatic rings. The van der Waals surface area contributed by atoms with E-state index in [0.29, 0.717) is 5.92 Å². The van der Waals surface area contributed by atoms with Crippen molar-refractivity contribution in [3.63, 3.8) is 0 Å². The molecule has 1 aliphatic carbocycles. The van der Waals surface area contributed by atoms with E-state index in [4.69, 9.17) is 4.74 Å². The highest BCUT2D eigenvalue weighted by Gasteiger charge is 2.40. The van der Waals surface area contributed by atoms with Crippen LogP contribution < -0.4 is 5.32 Å². The Kier molecular flexibility index (Phi) is 5.36. The number of nitrogens with one attached hydrogen (secondary N) is 1. The minimum Gasteiger partial charge on any atom is -0.372 e. The largest absolute Gasteiger partial charge is 0.372 e. The van der Waals surface area contributed by atoms with Gasteiger partial charge in [-0.1, -0.05) is 12.5 Å². The first-order valence-electron chi connectivity index (χ1n) is 10.1. The maximum atomic E-state index is 6.17. The average molecular weight is 354 g/mol. The molecule has 0 bridgehead atoms. The van der Waals surface area contributed by atoms with Crippen molar-refractivity contribution < 1.29 is 4.74 Å². The molecule has 1 saturated heterocycles. The van der Waals surface area contributed by atoms with Gasteiger partial charge in [0.2, 0.25) is 0 Å². The fourth-order valence-corrected chi connectivity index (χ4v) is 4.53. The molecule has 2 aromatic heterocycles. The van der Waals surface area contributed by atoms with E-state index in [1.54, 1.807) is 0 Å². The molecule has 0 aromatic carbocycles. The van der Waals surface area contributed by atoms with Crippen LogP contribution in [0.3, 0.4) is 0 Å². The molecular weight excluding hydrogens is 324 g/mol. The number of nitrogens with zero attached hydrogens (tertiary/aromatic N) is 3. The predicted octanol–water partition coefficient (Wildman–Crippen LogP) is 3.48. The molecule has 5 nitrogen and oxygen atoms in total. The van der Waals surface area contributed by atoms with Crippen molar-refractivity contribution in [1.82, 2.24) is 20.1 Å². The molecule has 26 heavy (non-hydrogen) atoms. The number of ether oxygens (including phenoxy) is 1. The molecule has 140 valence electrons. The number of aryl methyl sites for hydroxylation is 1. The van der Waals surface area contributed by atoms with Crippen LogP contribution >= 0.6 is 0 Å². The van der Waals surface area contributed by atoms with Gasteiger partial charge < -0.3 is 10.1 Å². The highest BCUT2D eigenvalue weighted by Crippen LogP contribution is 2.42. The van der Waals surface area contributed by atoms with E-state index in [1.165, 1.54) is 37.1 Å². The summed E-state index contributed by atoms with van der Waals surface area (Å²) < 4.78 is 8.25. The summed E-state index contributed by atoms with van der Waals surface area (Å²) in [5.41, 5.74) is 2.71. The Balaban J connectivity index is 1.40. The first-order chi connectivity index (χ1) is 12.8. The van der Waals surface area contributed by atoms with Crippen molar-refractivity contribution >= 4 is 0 Å². The molecule has 0 unspecified atom stereocenters. The lowest BCUT2D eigenvalue weighted by molar-refractivity contribution is -0.0332. The van der Waals surface area contributed by atoms with Crippen LogP contribution in [0.2, 0.25) is 0 Å². The maximum absolute atomic E-state index is 6.17. The summed E-state index contributed by atoms with van der Waals surface area (Å²) in [5, 5.41) is 8.21. The topological polar surface area (TPSA) is 52.0 Å². The normalized spacial score (nSPS) is 25.0. The van der Waals surface area contributed by atoms with Crippen LogP contribution in [0, 0.1) is 5.92 Å². The quantitative estimate of drug-likeness (QED) is 0.827. The number of hydrogen-bond donors (Lipinski definition) is 1. The highest BCUT2D eigenvalue weighted by atomic mass is 16.5. The molecule has 2 aliphatic rings. The SMILES string of the molecule is CCn1nccc1[C@@H]1OCCC[C@H]1CNCC1(c2ccccn2)CCC1. The second kappa shape index (κ2) is 7.89. The van der Waals surface area contributed by atoms with E-state index in [0.717, 1.165) is 32.7 Å². The van der Waals surface area contributed by atoms with Crippen LogP contribution in [0.1, 0.15) is 56.5 Å². The van der Waals surface area contributed by atoms with Crippen molar-refractivity contribution in [2.24, 2.45) is 5.92 Å². The fourth-order valence-electron chi connectivity index (χ4n) is 4.53. The van der Waals surface area contributed by atoms with E-state index >= 15 is 0 Å². The Morgan fingerprint density at radius 2 is 2.15 bits per heavy atom.